The molecule has 0 aliphatic rings. The smallest absolute Gasteiger partial charge is 0.335 e. The first kappa shape index (κ1) is 15.0. The number of carbonyl (C=O) groups is 1. The van der Waals surface area contributed by atoms with Crippen LogP contribution in [0.15, 0.2) is 41.3 Å². The van der Waals surface area contributed by atoms with E-state index in [9.17, 15) is 13.2 Å². The molecular formula is C14H14N2O4S. The van der Waals surface area contributed by atoms with Crippen molar-refractivity contribution in [3.05, 3.63) is 53.2 Å². The number of nitrogens with zero attached hydrogens (tertiary/aromatic N) is 1. The number of carboxylic acid groups (broad SMARTS) is 1. The molecule has 1 aromatic carbocycles. The molecule has 0 unspecified atom stereocenters. The maximum Gasteiger partial charge on any atom is 0.335 e. The summed E-state index contributed by atoms with van der Waals surface area (Å²) in [6.45, 7) is 3.61. The van der Waals surface area contributed by atoms with E-state index in [1.165, 1.54) is 24.3 Å². The van der Waals surface area contributed by atoms with E-state index in [4.69, 9.17) is 5.11 Å². The third kappa shape index (κ3) is 3.57. The van der Waals surface area contributed by atoms with E-state index in [0.29, 0.717) is 5.69 Å². The maximum absolute atomic E-state index is 12.2. The fourth-order valence-electron chi connectivity index (χ4n) is 1.87. The fourth-order valence-corrected chi connectivity index (χ4v) is 2.86. The summed E-state index contributed by atoms with van der Waals surface area (Å²) in [6, 6.07) is 8.43. The summed E-state index contributed by atoms with van der Waals surface area (Å²) < 4.78 is 26.8. The van der Waals surface area contributed by atoms with E-state index < -0.39 is 16.0 Å². The minimum Gasteiger partial charge on any atom is -0.478 e. The van der Waals surface area contributed by atoms with Crippen molar-refractivity contribution in [3.63, 3.8) is 0 Å². The van der Waals surface area contributed by atoms with E-state index in [2.05, 4.69) is 9.71 Å². The van der Waals surface area contributed by atoms with E-state index >= 15 is 0 Å². The third-order valence-corrected chi connectivity index (χ3v) is 4.12. The number of rotatable bonds is 4. The normalized spacial score (nSPS) is 11.1. The van der Waals surface area contributed by atoms with Crippen molar-refractivity contribution in [2.45, 2.75) is 18.7 Å². The SMILES string of the molecule is Cc1cc(C)nc(NS(=O)(=O)c2ccc(C(=O)O)cc2)c1. The van der Waals surface area contributed by atoms with E-state index in [0.717, 1.165) is 5.56 Å². The molecule has 0 saturated heterocycles. The molecule has 2 aromatic rings. The van der Waals surface area contributed by atoms with Crippen molar-refractivity contribution in [3.8, 4) is 0 Å². The van der Waals surface area contributed by atoms with Gasteiger partial charge in [-0.1, -0.05) is 0 Å². The second-order valence-corrected chi connectivity index (χ2v) is 6.29. The van der Waals surface area contributed by atoms with Crippen molar-refractivity contribution in [2.75, 3.05) is 4.72 Å². The summed E-state index contributed by atoms with van der Waals surface area (Å²) in [5.41, 5.74) is 1.62. The largest absolute Gasteiger partial charge is 0.478 e. The zero-order valence-electron chi connectivity index (χ0n) is 11.5. The predicted molar refractivity (Wildman–Crippen MR) is 77.9 cm³/mol. The number of nitrogens with one attached hydrogen (secondary N) is 1. The van der Waals surface area contributed by atoms with Gasteiger partial charge in [0.05, 0.1) is 10.5 Å². The molecule has 0 atom stereocenters. The Bertz CT molecular complexity index is 763. The Balaban J connectivity index is 2.31. The lowest BCUT2D eigenvalue weighted by Gasteiger charge is -2.09. The summed E-state index contributed by atoms with van der Waals surface area (Å²) in [4.78, 5) is 14.8. The van der Waals surface area contributed by atoms with Crippen molar-refractivity contribution in [1.82, 2.24) is 4.98 Å². The molecule has 21 heavy (non-hydrogen) atoms. The van der Waals surface area contributed by atoms with Gasteiger partial charge in [-0.3, -0.25) is 4.72 Å². The van der Waals surface area contributed by atoms with Crippen LogP contribution in [-0.4, -0.2) is 24.5 Å². The number of anilines is 1. The topological polar surface area (TPSA) is 96.4 Å². The van der Waals surface area contributed by atoms with Crippen LogP contribution in [0.5, 0.6) is 0 Å². The van der Waals surface area contributed by atoms with Crippen molar-refractivity contribution in [1.29, 1.82) is 0 Å². The number of carboxylic acids is 1. The molecule has 2 N–H and O–H groups in total. The second-order valence-electron chi connectivity index (χ2n) is 4.61. The van der Waals surface area contributed by atoms with Crippen LogP contribution in [-0.2, 0) is 10.0 Å². The molecule has 0 radical (unpaired) electrons. The van der Waals surface area contributed by atoms with Crippen LogP contribution < -0.4 is 4.72 Å². The molecule has 7 heteroatoms. The molecule has 0 fully saturated rings. The highest BCUT2D eigenvalue weighted by Crippen LogP contribution is 2.16. The molecule has 2 rings (SSSR count). The number of aromatic nitrogens is 1. The Hall–Kier alpha value is -2.41. The molecule has 0 saturated carbocycles. The molecule has 6 nitrogen and oxygen atoms in total. The second kappa shape index (κ2) is 5.53. The Morgan fingerprint density at radius 1 is 1.14 bits per heavy atom. The van der Waals surface area contributed by atoms with Gasteiger partial charge in [0, 0.05) is 5.69 Å². The highest BCUT2D eigenvalue weighted by molar-refractivity contribution is 7.92. The number of sulfonamides is 1. The summed E-state index contributed by atoms with van der Waals surface area (Å²) in [6.07, 6.45) is 0. The number of aryl methyl sites for hydroxylation is 2. The van der Waals surface area contributed by atoms with Crippen molar-refractivity contribution >= 4 is 21.8 Å². The van der Waals surface area contributed by atoms with Gasteiger partial charge in [-0.05, 0) is 55.8 Å². The number of benzene rings is 1. The van der Waals surface area contributed by atoms with Gasteiger partial charge in [0.25, 0.3) is 10.0 Å². The van der Waals surface area contributed by atoms with Crippen molar-refractivity contribution < 1.29 is 18.3 Å². The van der Waals surface area contributed by atoms with Gasteiger partial charge in [0.1, 0.15) is 5.82 Å². The number of hydrogen-bond donors (Lipinski definition) is 2. The molecular weight excluding hydrogens is 292 g/mol. The standard InChI is InChI=1S/C14H14N2O4S/c1-9-7-10(2)15-13(8-9)16-21(19,20)12-5-3-11(4-6-12)14(17)18/h3-8H,1-2H3,(H,15,16)(H,17,18). The minimum absolute atomic E-state index is 0.0199. The Labute approximate surface area is 122 Å². The van der Waals surface area contributed by atoms with Gasteiger partial charge < -0.3 is 5.11 Å². The zero-order chi connectivity index (χ0) is 15.6. The molecule has 1 heterocycles. The van der Waals surface area contributed by atoms with Crippen LogP contribution in [0.4, 0.5) is 5.82 Å². The highest BCUT2D eigenvalue weighted by atomic mass is 32.2. The first-order chi connectivity index (χ1) is 9.78. The maximum atomic E-state index is 12.2. The fraction of sp³-hybridized carbons (Fsp3) is 0.143. The lowest BCUT2D eigenvalue weighted by molar-refractivity contribution is 0.0696. The minimum atomic E-state index is -3.79. The zero-order valence-corrected chi connectivity index (χ0v) is 12.3. The van der Waals surface area contributed by atoms with Gasteiger partial charge in [0.15, 0.2) is 0 Å². The average Bonchev–Trinajstić information content (AvgIpc) is 2.37. The lowest BCUT2D eigenvalue weighted by atomic mass is 10.2. The lowest BCUT2D eigenvalue weighted by Crippen LogP contribution is -2.14. The Morgan fingerprint density at radius 2 is 1.76 bits per heavy atom. The summed E-state index contributed by atoms with van der Waals surface area (Å²) in [5.74, 6) is -0.877. The quantitative estimate of drug-likeness (QED) is 0.902. The van der Waals surface area contributed by atoms with Crippen LogP contribution in [0.2, 0.25) is 0 Å². The van der Waals surface area contributed by atoms with E-state index in [-0.39, 0.29) is 16.3 Å². The van der Waals surface area contributed by atoms with E-state index in [1.807, 2.05) is 13.0 Å². The molecule has 0 spiro atoms. The Morgan fingerprint density at radius 3 is 2.29 bits per heavy atom. The van der Waals surface area contributed by atoms with Crippen LogP contribution in [0.25, 0.3) is 0 Å². The van der Waals surface area contributed by atoms with Gasteiger partial charge in [-0.2, -0.15) is 0 Å². The number of aromatic carboxylic acids is 1. The van der Waals surface area contributed by atoms with Crippen LogP contribution in [0.3, 0.4) is 0 Å². The Kier molecular flexibility index (Phi) is 3.95. The van der Waals surface area contributed by atoms with Crippen LogP contribution in [0, 0.1) is 13.8 Å². The van der Waals surface area contributed by atoms with Gasteiger partial charge in [-0.15, -0.1) is 0 Å². The van der Waals surface area contributed by atoms with Gasteiger partial charge in [0.2, 0.25) is 0 Å². The number of pyridine rings is 1. The molecule has 0 aliphatic heterocycles. The summed E-state index contributed by atoms with van der Waals surface area (Å²) in [7, 11) is -3.79. The monoisotopic (exact) mass is 306 g/mol. The first-order valence-electron chi connectivity index (χ1n) is 6.09. The third-order valence-electron chi connectivity index (χ3n) is 2.75. The first-order valence-corrected chi connectivity index (χ1v) is 7.58. The highest BCUT2D eigenvalue weighted by Gasteiger charge is 2.16. The van der Waals surface area contributed by atoms with Crippen LogP contribution >= 0.6 is 0 Å². The molecule has 0 aliphatic carbocycles. The average molecular weight is 306 g/mol. The molecule has 0 amide bonds. The molecule has 0 bridgehead atoms. The van der Waals surface area contributed by atoms with Crippen molar-refractivity contribution in [2.24, 2.45) is 0 Å². The summed E-state index contributed by atoms with van der Waals surface area (Å²) in [5, 5.41) is 8.80. The predicted octanol–water partition coefficient (Wildman–Crippen LogP) is 2.20. The van der Waals surface area contributed by atoms with Gasteiger partial charge in [-0.25, -0.2) is 18.2 Å². The number of hydrogen-bond acceptors (Lipinski definition) is 4. The van der Waals surface area contributed by atoms with Gasteiger partial charge >= 0.3 is 5.97 Å². The summed E-state index contributed by atoms with van der Waals surface area (Å²) >= 11 is 0. The molecule has 110 valence electrons. The molecule has 1 aromatic heterocycles. The van der Waals surface area contributed by atoms with E-state index in [1.54, 1.807) is 13.0 Å². The van der Waals surface area contributed by atoms with Crippen LogP contribution in [0.1, 0.15) is 21.6 Å².